The molecular weight excluding hydrogens is 1720 g/mol. The molecule has 143 heavy (non-hydrogen) atoms. The highest BCUT2D eigenvalue weighted by Gasteiger charge is 2.39. The van der Waals surface area contributed by atoms with Crippen molar-refractivity contribution in [1.82, 2.24) is 0 Å². The van der Waals surface area contributed by atoms with E-state index in [0.717, 1.165) is 0 Å². The van der Waals surface area contributed by atoms with E-state index in [9.17, 15) is 0 Å². The van der Waals surface area contributed by atoms with Crippen molar-refractivity contribution in [3.05, 3.63) is 531 Å². The van der Waals surface area contributed by atoms with Crippen LogP contribution >= 0.6 is 0 Å². The van der Waals surface area contributed by atoms with Crippen LogP contribution in [-0.4, -0.2) is 0 Å². The molecule has 672 valence electrons. The standard InChI is InChI=1S/C50H38.C49H34.C44H28/c1-49(2)43-20-12-10-16-35(43)37-25-22-33(29-45(37)49)32-23-27-41-42(28-32)47(31-14-6-5-7-15-31)39-18-8-9-19-40(39)48(41)34-24-26-38-36-17-11-13-21-44(36)50(3,4)46(38)30-34;1-49(2)45-23-13-12-20-38(45)39-26-25-34(30-46(39)49)48-41-22-11-10-21-40(41)47(31-14-4-3-5-15-31)44-29-33(24-27-42(44)48)43-28-32-16-6-7-17-35(32)36-18-8-9-19-37(36)43;1-2-13-30(14-3-1)43-38-20-10-11-21-39(38)44(34-23-22-29-12-4-5-15-31(29)26-34)40-25-24-33(28-42(40)43)41-27-32-16-6-7-17-35(32)36-18-8-9-19-37(36)41/h5-30H,1-4H3;3-30H,1-2H3;1-28H. The molecule has 0 fully saturated rings. The molecule has 0 aliphatic heterocycles. The number of hydrogen-bond acceptors (Lipinski definition) is 0. The van der Waals surface area contributed by atoms with Crippen molar-refractivity contribution in [2.45, 2.75) is 57.8 Å². The van der Waals surface area contributed by atoms with Crippen LogP contribution in [0.3, 0.4) is 0 Å². The summed E-state index contributed by atoms with van der Waals surface area (Å²) in [6.07, 6.45) is 0. The highest BCUT2D eigenvalue weighted by Crippen LogP contribution is 2.58. The topological polar surface area (TPSA) is 0 Å². The van der Waals surface area contributed by atoms with E-state index in [2.05, 4.69) is 539 Å². The van der Waals surface area contributed by atoms with Gasteiger partial charge < -0.3 is 0 Å². The zero-order valence-electron chi connectivity index (χ0n) is 80.8. The largest absolute Gasteiger partial charge is 0.0622 e. The van der Waals surface area contributed by atoms with Crippen LogP contribution in [0.5, 0.6) is 0 Å². The van der Waals surface area contributed by atoms with Crippen molar-refractivity contribution in [1.29, 1.82) is 0 Å². The number of rotatable bonds is 9. The van der Waals surface area contributed by atoms with Crippen LogP contribution in [-0.2, 0) is 16.2 Å². The average molecular weight is 1820 g/mol. The number of fused-ring (bicyclic) bond motifs is 22. The summed E-state index contributed by atoms with van der Waals surface area (Å²) in [7, 11) is 0. The minimum absolute atomic E-state index is 0.0433. The van der Waals surface area contributed by atoms with Crippen molar-refractivity contribution in [2.24, 2.45) is 0 Å². The second-order valence-corrected chi connectivity index (χ2v) is 41.0. The molecule has 26 aromatic rings. The summed E-state index contributed by atoms with van der Waals surface area (Å²) in [5, 5.41) is 28.1. The van der Waals surface area contributed by atoms with Crippen LogP contribution in [0.1, 0.15) is 74.9 Å². The number of benzene rings is 26. The summed E-state index contributed by atoms with van der Waals surface area (Å²) in [5.74, 6) is 0. The third-order valence-corrected chi connectivity index (χ3v) is 32.1. The molecule has 0 aromatic heterocycles. The van der Waals surface area contributed by atoms with Gasteiger partial charge in [0, 0.05) is 16.2 Å². The Kier molecular flexibility index (Phi) is 19.8. The molecule has 0 saturated heterocycles. The second-order valence-electron chi connectivity index (χ2n) is 41.0. The van der Waals surface area contributed by atoms with E-state index in [4.69, 9.17) is 0 Å². The molecule has 26 aromatic carbocycles. The third kappa shape index (κ3) is 13.6. The molecule has 3 aliphatic rings. The predicted octanol–water partition coefficient (Wildman–Crippen LogP) is 39.7. The van der Waals surface area contributed by atoms with Crippen molar-refractivity contribution < 1.29 is 0 Å². The maximum Gasteiger partial charge on any atom is 0.0159 e. The summed E-state index contributed by atoms with van der Waals surface area (Å²) >= 11 is 0. The number of hydrogen-bond donors (Lipinski definition) is 0. The van der Waals surface area contributed by atoms with E-state index in [0.29, 0.717) is 0 Å². The van der Waals surface area contributed by atoms with E-state index in [1.165, 1.54) is 285 Å². The highest BCUT2D eigenvalue weighted by atomic mass is 14.4. The molecule has 0 N–H and O–H groups in total. The van der Waals surface area contributed by atoms with Crippen molar-refractivity contribution in [3.8, 4) is 134 Å². The lowest BCUT2D eigenvalue weighted by Crippen LogP contribution is -2.14. The fourth-order valence-corrected chi connectivity index (χ4v) is 25.3. The fraction of sp³-hybridized carbons (Fsp3) is 0.0629. The van der Waals surface area contributed by atoms with Crippen LogP contribution < -0.4 is 0 Å². The van der Waals surface area contributed by atoms with Crippen LogP contribution in [0.2, 0.25) is 0 Å². The molecule has 0 spiro atoms. The molecule has 0 unspecified atom stereocenters. The van der Waals surface area contributed by atoms with Gasteiger partial charge in [-0.25, -0.2) is 0 Å². The summed E-state index contributed by atoms with van der Waals surface area (Å²) in [4.78, 5) is 0. The van der Waals surface area contributed by atoms with Gasteiger partial charge in [0.1, 0.15) is 0 Å². The Morgan fingerprint density at radius 2 is 0.336 bits per heavy atom. The normalized spacial score (nSPS) is 13.3. The molecule has 0 amide bonds. The first-order chi connectivity index (χ1) is 70.2. The first-order valence-electron chi connectivity index (χ1n) is 50.4. The van der Waals surface area contributed by atoms with Crippen molar-refractivity contribution >= 4 is 118 Å². The van der Waals surface area contributed by atoms with E-state index >= 15 is 0 Å². The zero-order valence-corrected chi connectivity index (χ0v) is 80.8. The Balaban J connectivity index is 0.000000107. The SMILES string of the molecule is CC1(C)c2ccccc2-c2ccc(-c3c4ccccc4c(-c4ccccc4)c4cc(-c5cc6ccccc6c6ccccc56)ccc34)cc21.CC1(C)c2ccccc2-c2ccc(-c3ccc4c(-c5ccc6c(c5)C(C)(C)c5ccccc5-6)c5ccccc5c(-c5ccccc5)c4c3)cc21.c1ccc(-c2c3ccccc3c(-c3ccc4ccccc4c3)c3ccc(-c4cc5ccccc5c5ccccc45)cc23)cc1. The van der Waals surface area contributed by atoms with E-state index < -0.39 is 0 Å². The Morgan fingerprint density at radius 1 is 0.105 bits per heavy atom. The van der Waals surface area contributed by atoms with Gasteiger partial charge >= 0.3 is 0 Å². The van der Waals surface area contributed by atoms with Gasteiger partial charge in [0.25, 0.3) is 0 Å². The van der Waals surface area contributed by atoms with E-state index in [1.54, 1.807) is 0 Å². The van der Waals surface area contributed by atoms with Crippen LogP contribution in [0.15, 0.2) is 497 Å². The molecule has 0 heteroatoms. The third-order valence-electron chi connectivity index (χ3n) is 32.1. The summed E-state index contributed by atoms with van der Waals surface area (Å²) in [6.45, 7) is 14.2. The van der Waals surface area contributed by atoms with Crippen molar-refractivity contribution in [2.75, 3.05) is 0 Å². The van der Waals surface area contributed by atoms with Crippen LogP contribution in [0.4, 0.5) is 0 Å². The van der Waals surface area contributed by atoms with Gasteiger partial charge in [-0.2, -0.15) is 0 Å². The summed E-state index contributed by atoms with van der Waals surface area (Å²) < 4.78 is 0. The minimum Gasteiger partial charge on any atom is -0.0622 e. The monoisotopic (exact) mass is 1820 g/mol. The summed E-state index contributed by atoms with van der Waals surface area (Å²) in [5.41, 5.74) is 39.2. The van der Waals surface area contributed by atoms with Crippen LogP contribution in [0.25, 0.3) is 252 Å². The molecule has 0 heterocycles. The van der Waals surface area contributed by atoms with Gasteiger partial charge in [0.05, 0.1) is 0 Å². The van der Waals surface area contributed by atoms with E-state index in [1.807, 2.05) is 0 Å². The predicted molar refractivity (Wildman–Crippen MR) is 614 cm³/mol. The Bertz CT molecular complexity index is 9790. The van der Waals surface area contributed by atoms with Gasteiger partial charge in [0.15, 0.2) is 0 Å². The molecule has 0 saturated carbocycles. The maximum atomic E-state index is 2.48. The molecule has 0 radical (unpaired) electrons. The van der Waals surface area contributed by atoms with Crippen LogP contribution in [0, 0.1) is 0 Å². The quantitative estimate of drug-likeness (QED) is 0.0998. The minimum atomic E-state index is -0.0676. The Labute approximate surface area is 834 Å². The molecule has 29 rings (SSSR count). The van der Waals surface area contributed by atoms with Gasteiger partial charge in [-0.15, -0.1) is 0 Å². The van der Waals surface area contributed by atoms with Gasteiger partial charge in [-0.05, 0) is 340 Å². The second kappa shape index (κ2) is 33.4. The van der Waals surface area contributed by atoms with Crippen molar-refractivity contribution in [3.63, 3.8) is 0 Å². The lowest BCUT2D eigenvalue weighted by Gasteiger charge is -2.23. The molecule has 0 nitrogen and oxygen atoms in total. The fourth-order valence-electron chi connectivity index (χ4n) is 25.3. The lowest BCUT2D eigenvalue weighted by molar-refractivity contribution is 0.660. The average Bonchev–Trinajstić information content (AvgIpc) is 1.71. The molecule has 0 bridgehead atoms. The zero-order chi connectivity index (χ0) is 95.5. The smallest absolute Gasteiger partial charge is 0.0159 e. The Morgan fingerprint density at radius 3 is 0.706 bits per heavy atom. The highest BCUT2D eigenvalue weighted by molar-refractivity contribution is 6.27. The van der Waals surface area contributed by atoms with Gasteiger partial charge in [-0.3, -0.25) is 0 Å². The molecular formula is C143H100. The van der Waals surface area contributed by atoms with Gasteiger partial charge in [0.2, 0.25) is 0 Å². The molecule has 3 aliphatic carbocycles. The summed E-state index contributed by atoms with van der Waals surface area (Å²) in [6, 6.07) is 185. The first-order valence-corrected chi connectivity index (χ1v) is 50.4. The lowest BCUT2D eigenvalue weighted by atomic mass is 9.80. The molecule has 0 atom stereocenters. The maximum absolute atomic E-state index is 2.48. The Hall–Kier alpha value is -17.4. The first kappa shape index (κ1) is 84.8. The van der Waals surface area contributed by atoms with Gasteiger partial charge in [-0.1, -0.05) is 484 Å². The van der Waals surface area contributed by atoms with E-state index in [-0.39, 0.29) is 16.2 Å².